The van der Waals surface area contributed by atoms with Gasteiger partial charge in [-0.2, -0.15) is 0 Å². The molecule has 1 atom stereocenters. The van der Waals surface area contributed by atoms with Gasteiger partial charge in [-0.1, -0.05) is 48.0 Å². The summed E-state index contributed by atoms with van der Waals surface area (Å²) in [5.41, 5.74) is 1.79. The molecule has 0 spiro atoms. The van der Waals surface area contributed by atoms with Crippen LogP contribution in [0.4, 0.5) is 0 Å². The van der Waals surface area contributed by atoms with Gasteiger partial charge in [-0.25, -0.2) is 0 Å². The first kappa shape index (κ1) is 14.6. The Kier molecular flexibility index (Phi) is 4.15. The minimum atomic E-state index is -0.962. The maximum absolute atomic E-state index is 11.8. The monoisotopic (exact) mass is 288 g/mol. The van der Waals surface area contributed by atoms with E-state index in [0.717, 1.165) is 16.7 Å². The maximum Gasteiger partial charge on any atom is 0.314 e. The van der Waals surface area contributed by atoms with Gasteiger partial charge in [-0.3, -0.25) is 4.79 Å². The highest BCUT2D eigenvalue weighted by Crippen LogP contribution is 2.31. The molecule has 1 unspecified atom stereocenters. The first-order valence-electron chi connectivity index (χ1n) is 6.47. The van der Waals surface area contributed by atoms with E-state index >= 15 is 0 Å². The Balaban J connectivity index is 2.46. The third kappa shape index (κ3) is 2.86. The molecule has 2 aromatic rings. The van der Waals surface area contributed by atoms with Crippen molar-refractivity contribution >= 4 is 17.6 Å². The predicted molar refractivity (Wildman–Crippen MR) is 81.3 cm³/mol. The number of aliphatic carboxylic acids is 1. The largest absolute Gasteiger partial charge is 0.481 e. The van der Waals surface area contributed by atoms with E-state index in [0.29, 0.717) is 11.4 Å². The van der Waals surface area contributed by atoms with Crippen molar-refractivity contribution in [2.75, 3.05) is 0 Å². The van der Waals surface area contributed by atoms with Crippen LogP contribution in [-0.4, -0.2) is 11.1 Å². The van der Waals surface area contributed by atoms with Gasteiger partial charge in [-0.05, 0) is 49.1 Å². The average Bonchev–Trinajstić information content (AvgIpc) is 2.38. The molecule has 0 amide bonds. The molecular formula is C17H17ClO2. The van der Waals surface area contributed by atoms with E-state index in [1.165, 1.54) is 0 Å². The Bertz CT molecular complexity index is 636. The number of rotatable bonds is 4. The third-order valence-corrected chi connectivity index (χ3v) is 3.89. The van der Waals surface area contributed by atoms with Gasteiger partial charge in [0.25, 0.3) is 0 Å². The lowest BCUT2D eigenvalue weighted by molar-refractivity contribution is -0.143. The smallest absolute Gasteiger partial charge is 0.314 e. The van der Waals surface area contributed by atoms with Crippen LogP contribution in [0.25, 0.3) is 0 Å². The van der Waals surface area contributed by atoms with Crippen LogP contribution in [0.15, 0.2) is 48.5 Å². The summed E-state index contributed by atoms with van der Waals surface area (Å²) in [4.78, 5) is 11.8. The third-order valence-electron chi connectivity index (χ3n) is 3.66. The Morgan fingerprint density at radius 3 is 2.50 bits per heavy atom. The summed E-state index contributed by atoms with van der Waals surface area (Å²) in [5.74, 6) is -0.827. The highest BCUT2D eigenvalue weighted by molar-refractivity contribution is 6.30. The molecule has 0 aliphatic carbocycles. The molecule has 20 heavy (non-hydrogen) atoms. The quantitative estimate of drug-likeness (QED) is 0.914. The van der Waals surface area contributed by atoms with E-state index in [2.05, 4.69) is 0 Å². The molecular weight excluding hydrogens is 272 g/mol. The van der Waals surface area contributed by atoms with Crippen molar-refractivity contribution in [3.05, 3.63) is 70.2 Å². The average molecular weight is 289 g/mol. The van der Waals surface area contributed by atoms with Crippen LogP contribution in [-0.2, 0) is 16.6 Å². The Labute approximate surface area is 124 Å². The van der Waals surface area contributed by atoms with E-state index in [4.69, 9.17) is 11.6 Å². The number of benzene rings is 2. The number of aryl methyl sites for hydroxylation is 1. The van der Waals surface area contributed by atoms with Crippen LogP contribution in [0, 0.1) is 6.92 Å². The standard InChI is InChI=1S/C17H17ClO2/c1-12-6-3-4-9-15(12)17(2,16(19)20)11-13-7-5-8-14(18)10-13/h3-10H,11H2,1-2H3,(H,19,20). The van der Waals surface area contributed by atoms with Gasteiger partial charge < -0.3 is 5.11 Å². The fourth-order valence-electron chi connectivity index (χ4n) is 2.53. The molecule has 0 radical (unpaired) electrons. The van der Waals surface area contributed by atoms with Gasteiger partial charge >= 0.3 is 5.97 Å². The summed E-state index contributed by atoms with van der Waals surface area (Å²) in [6.45, 7) is 3.70. The molecule has 0 saturated carbocycles. The summed E-state index contributed by atoms with van der Waals surface area (Å²) in [6.07, 6.45) is 0.410. The Morgan fingerprint density at radius 1 is 1.20 bits per heavy atom. The number of carboxylic acid groups (broad SMARTS) is 1. The van der Waals surface area contributed by atoms with Gasteiger partial charge in [0, 0.05) is 5.02 Å². The first-order chi connectivity index (χ1) is 9.43. The van der Waals surface area contributed by atoms with Crippen LogP contribution in [0.1, 0.15) is 23.6 Å². The van der Waals surface area contributed by atoms with Crippen LogP contribution in [0.2, 0.25) is 5.02 Å². The number of carbonyl (C=O) groups is 1. The molecule has 2 nitrogen and oxygen atoms in total. The lowest BCUT2D eigenvalue weighted by Crippen LogP contribution is -2.35. The lowest BCUT2D eigenvalue weighted by Gasteiger charge is -2.27. The highest BCUT2D eigenvalue weighted by atomic mass is 35.5. The van der Waals surface area contributed by atoms with Crippen molar-refractivity contribution in [3.63, 3.8) is 0 Å². The molecule has 0 bridgehead atoms. The molecule has 0 saturated heterocycles. The molecule has 2 rings (SSSR count). The molecule has 0 aliphatic rings. The minimum Gasteiger partial charge on any atom is -0.481 e. The summed E-state index contributed by atoms with van der Waals surface area (Å²) >= 11 is 5.98. The van der Waals surface area contributed by atoms with E-state index in [1.54, 1.807) is 13.0 Å². The SMILES string of the molecule is Cc1ccccc1C(C)(Cc1cccc(Cl)c1)C(=O)O. The van der Waals surface area contributed by atoms with Crippen LogP contribution >= 0.6 is 11.6 Å². The maximum atomic E-state index is 11.8. The fraction of sp³-hybridized carbons (Fsp3) is 0.235. The summed E-state index contributed by atoms with van der Waals surface area (Å²) in [5, 5.41) is 10.3. The first-order valence-corrected chi connectivity index (χ1v) is 6.85. The van der Waals surface area contributed by atoms with Crippen molar-refractivity contribution < 1.29 is 9.90 Å². The topological polar surface area (TPSA) is 37.3 Å². The molecule has 3 heteroatoms. The van der Waals surface area contributed by atoms with Crippen molar-refractivity contribution in [2.24, 2.45) is 0 Å². The molecule has 1 N–H and O–H groups in total. The van der Waals surface area contributed by atoms with E-state index < -0.39 is 11.4 Å². The van der Waals surface area contributed by atoms with Crippen LogP contribution in [0.5, 0.6) is 0 Å². The van der Waals surface area contributed by atoms with Crippen molar-refractivity contribution in [1.82, 2.24) is 0 Å². The summed E-state index contributed by atoms with van der Waals surface area (Å²) < 4.78 is 0. The van der Waals surface area contributed by atoms with E-state index in [-0.39, 0.29) is 0 Å². The number of hydrogen-bond donors (Lipinski definition) is 1. The van der Waals surface area contributed by atoms with Crippen molar-refractivity contribution in [1.29, 1.82) is 0 Å². The Morgan fingerprint density at radius 2 is 1.90 bits per heavy atom. The lowest BCUT2D eigenvalue weighted by atomic mass is 9.75. The molecule has 0 fully saturated rings. The number of hydrogen-bond acceptors (Lipinski definition) is 1. The zero-order chi connectivity index (χ0) is 14.8. The van der Waals surface area contributed by atoms with Gasteiger partial charge in [0.05, 0.1) is 5.41 Å². The van der Waals surface area contributed by atoms with E-state index in [9.17, 15) is 9.90 Å². The van der Waals surface area contributed by atoms with E-state index in [1.807, 2.05) is 49.4 Å². The summed E-state index contributed by atoms with van der Waals surface area (Å²) in [7, 11) is 0. The predicted octanol–water partition coefficient (Wildman–Crippen LogP) is 4.23. The van der Waals surface area contributed by atoms with Crippen LogP contribution in [0.3, 0.4) is 0 Å². The second kappa shape index (κ2) is 5.68. The number of halogens is 1. The minimum absolute atomic E-state index is 0.410. The zero-order valence-electron chi connectivity index (χ0n) is 11.6. The van der Waals surface area contributed by atoms with Crippen LogP contribution < -0.4 is 0 Å². The van der Waals surface area contributed by atoms with Gasteiger partial charge in [0.15, 0.2) is 0 Å². The van der Waals surface area contributed by atoms with Gasteiger partial charge in [-0.15, -0.1) is 0 Å². The van der Waals surface area contributed by atoms with Crippen molar-refractivity contribution in [3.8, 4) is 0 Å². The van der Waals surface area contributed by atoms with Gasteiger partial charge in [0.2, 0.25) is 0 Å². The van der Waals surface area contributed by atoms with Crippen molar-refractivity contribution in [2.45, 2.75) is 25.7 Å². The molecule has 2 aromatic carbocycles. The summed E-state index contributed by atoms with van der Waals surface area (Å²) in [6, 6.07) is 15.0. The molecule has 104 valence electrons. The Hall–Kier alpha value is -1.80. The second-order valence-corrected chi connectivity index (χ2v) is 5.70. The highest BCUT2D eigenvalue weighted by Gasteiger charge is 2.36. The second-order valence-electron chi connectivity index (χ2n) is 5.26. The zero-order valence-corrected chi connectivity index (χ0v) is 12.3. The fourth-order valence-corrected chi connectivity index (χ4v) is 2.75. The molecule has 0 aromatic heterocycles. The molecule has 0 heterocycles. The number of carboxylic acids is 1. The molecule has 0 aliphatic heterocycles. The van der Waals surface area contributed by atoms with Gasteiger partial charge in [0.1, 0.15) is 0 Å². The normalized spacial score (nSPS) is 13.8.